The van der Waals surface area contributed by atoms with Crippen molar-refractivity contribution in [2.45, 2.75) is 39.8 Å². The molecule has 0 saturated carbocycles. The Bertz CT molecular complexity index is 757. The number of aryl methyl sites for hydroxylation is 1. The lowest BCUT2D eigenvalue weighted by Crippen LogP contribution is -2.49. The van der Waals surface area contributed by atoms with Crippen LogP contribution in [0.15, 0.2) is 24.3 Å². The molecule has 0 atom stereocenters. The quantitative estimate of drug-likeness (QED) is 0.914. The van der Waals surface area contributed by atoms with Gasteiger partial charge >= 0.3 is 6.09 Å². The SMILES string of the molecule is Cc1cccc(-c2n[nH]c(CN3CCN(C(=O)OC(C)(C)C)CC3)n2)c1. The lowest BCUT2D eigenvalue weighted by molar-refractivity contribution is 0.0137. The number of carbonyl (C=O) groups is 1. The van der Waals surface area contributed by atoms with Crippen LogP contribution in [0.3, 0.4) is 0 Å². The minimum absolute atomic E-state index is 0.237. The fraction of sp³-hybridized carbons (Fsp3) is 0.526. The number of amides is 1. The summed E-state index contributed by atoms with van der Waals surface area (Å²) in [5.41, 5.74) is 1.75. The normalized spacial score (nSPS) is 15.9. The van der Waals surface area contributed by atoms with E-state index in [0.717, 1.165) is 30.3 Å². The highest BCUT2D eigenvalue weighted by atomic mass is 16.6. The molecule has 7 nitrogen and oxygen atoms in total. The van der Waals surface area contributed by atoms with Gasteiger partial charge in [-0.1, -0.05) is 23.8 Å². The van der Waals surface area contributed by atoms with Crippen molar-refractivity contribution < 1.29 is 9.53 Å². The number of benzene rings is 1. The predicted octanol–water partition coefficient (Wildman–Crippen LogP) is 2.83. The monoisotopic (exact) mass is 357 g/mol. The average molecular weight is 357 g/mol. The third-order valence-corrected chi connectivity index (χ3v) is 4.21. The molecule has 1 aromatic heterocycles. The first-order valence-electron chi connectivity index (χ1n) is 8.99. The van der Waals surface area contributed by atoms with Crippen molar-refractivity contribution in [3.63, 3.8) is 0 Å². The molecule has 1 aliphatic heterocycles. The first-order valence-corrected chi connectivity index (χ1v) is 8.99. The van der Waals surface area contributed by atoms with E-state index in [1.54, 1.807) is 4.90 Å². The first-order chi connectivity index (χ1) is 12.3. The number of hydrogen-bond donors (Lipinski definition) is 1. The van der Waals surface area contributed by atoms with Crippen molar-refractivity contribution in [2.24, 2.45) is 0 Å². The molecule has 1 amide bonds. The van der Waals surface area contributed by atoms with Crippen molar-refractivity contribution >= 4 is 6.09 Å². The molecule has 1 aliphatic rings. The first kappa shape index (κ1) is 18.4. The Balaban J connectivity index is 1.53. The second-order valence-corrected chi connectivity index (χ2v) is 7.72. The minimum Gasteiger partial charge on any atom is -0.444 e. The maximum atomic E-state index is 12.1. The summed E-state index contributed by atoms with van der Waals surface area (Å²) in [5, 5.41) is 7.36. The molecule has 0 spiro atoms. The molecule has 0 unspecified atom stereocenters. The van der Waals surface area contributed by atoms with E-state index >= 15 is 0 Å². The molecule has 1 aromatic carbocycles. The van der Waals surface area contributed by atoms with E-state index in [1.807, 2.05) is 32.9 Å². The van der Waals surface area contributed by atoms with E-state index in [-0.39, 0.29) is 6.09 Å². The molecule has 2 heterocycles. The van der Waals surface area contributed by atoms with Gasteiger partial charge in [0.25, 0.3) is 0 Å². The largest absolute Gasteiger partial charge is 0.444 e. The van der Waals surface area contributed by atoms with E-state index in [1.165, 1.54) is 5.56 Å². The number of hydrogen-bond acceptors (Lipinski definition) is 5. The summed E-state index contributed by atoms with van der Waals surface area (Å²) >= 11 is 0. The number of nitrogens with one attached hydrogen (secondary N) is 1. The molecule has 1 N–H and O–H groups in total. The maximum absolute atomic E-state index is 12.1. The number of aromatic amines is 1. The van der Waals surface area contributed by atoms with Crippen molar-refractivity contribution in [2.75, 3.05) is 26.2 Å². The number of carbonyl (C=O) groups excluding carboxylic acids is 1. The number of aromatic nitrogens is 3. The smallest absolute Gasteiger partial charge is 0.410 e. The molecule has 1 fully saturated rings. The van der Waals surface area contributed by atoms with E-state index < -0.39 is 5.60 Å². The molecule has 0 bridgehead atoms. The van der Waals surface area contributed by atoms with Crippen LogP contribution in [0.25, 0.3) is 11.4 Å². The van der Waals surface area contributed by atoms with Crippen LogP contribution in [0.1, 0.15) is 32.2 Å². The van der Waals surface area contributed by atoms with Crippen LogP contribution in [0, 0.1) is 6.92 Å². The lowest BCUT2D eigenvalue weighted by atomic mass is 10.1. The zero-order chi connectivity index (χ0) is 18.7. The number of piperazine rings is 1. The fourth-order valence-electron chi connectivity index (χ4n) is 2.91. The standard InChI is InChI=1S/C19H27N5O2/c1-14-6-5-7-15(12-14)17-20-16(21-22-17)13-23-8-10-24(11-9-23)18(25)26-19(2,3)4/h5-7,12H,8-11,13H2,1-4H3,(H,20,21,22). The summed E-state index contributed by atoms with van der Waals surface area (Å²) in [6.07, 6.45) is -0.237. The van der Waals surface area contributed by atoms with Gasteiger partial charge in [-0.15, -0.1) is 0 Å². The Labute approximate surface area is 154 Å². The van der Waals surface area contributed by atoms with E-state index in [2.05, 4.69) is 39.1 Å². The Morgan fingerprint density at radius 1 is 1.23 bits per heavy atom. The third kappa shape index (κ3) is 4.82. The van der Waals surface area contributed by atoms with Crippen molar-refractivity contribution in [1.82, 2.24) is 25.0 Å². The second-order valence-electron chi connectivity index (χ2n) is 7.72. The molecule has 1 saturated heterocycles. The van der Waals surface area contributed by atoms with Gasteiger partial charge in [0.15, 0.2) is 5.82 Å². The van der Waals surface area contributed by atoms with Crippen LogP contribution in [-0.4, -0.2) is 62.9 Å². The highest BCUT2D eigenvalue weighted by molar-refractivity contribution is 5.68. The van der Waals surface area contributed by atoms with Crippen LogP contribution in [0.2, 0.25) is 0 Å². The molecule has 0 radical (unpaired) electrons. The topological polar surface area (TPSA) is 74.4 Å². The lowest BCUT2D eigenvalue weighted by Gasteiger charge is -2.35. The zero-order valence-corrected chi connectivity index (χ0v) is 16.0. The van der Waals surface area contributed by atoms with E-state index in [4.69, 9.17) is 4.74 Å². The van der Waals surface area contributed by atoms with E-state index in [0.29, 0.717) is 19.6 Å². The van der Waals surface area contributed by atoms with Gasteiger partial charge in [0, 0.05) is 31.7 Å². The molecule has 7 heteroatoms. The minimum atomic E-state index is -0.458. The number of rotatable bonds is 3. The zero-order valence-electron chi connectivity index (χ0n) is 16.0. The summed E-state index contributed by atoms with van der Waals surface area (Å²) in [6.45, 7) is 11.3. The van der Waals surface area contributed by atoms with Crippen LogP contribution in [-0.2, 0) is 11.3 Å². The van der Waals surface area contributed by atoms with Gasteiger partial charge < -0.3 is 9.64 Å². The van der Waals surface area contributed by atoms with Crippen molar-refractivity contribution in [3.8, 4) is 11.4 Å². The number of nitrogens with zero attached hydrogens (tertiary/aromatic N) is 4. The third-order valence-electron chi connectivity index (χ3n) is 4.21. The Kier molecular flexibility index (Phi) is 5.27. The van der Waals surface area contributed by atoms with Gasteiger partial charge in [-0.05, 0) is 33.8 Å². The molecule has 0 aliphatic carbocycles. The Morgan fingerprint density at radius 2 is 1.96 bits per heavy atom. The van der Waals surface area contributed by atoms with Gasteiger partial charge in [-0.2, -0.15) is 5.10 Å². The van der Waals surface area contributed by atoms with Crippen LogP contribution >= 0.6 is 0 Å². The summed E-state index contributed by atoms with van der Waals surface area (Å²) in [4.78, 5) is 20.8. The van der Waals surface area contributed by atoms with Crippen molar-refractivity contribution in [3.05, 3.63) is 35.7 Å². The van der Waals surface area contributed by atoms with Gasteiger partial charge in [0.2, 0.25) is 0 Å². The van der Waals surface area contributed by atoms with Gasteiger partial charge in [0.1, 0.15) is 11.4 Å². The Morgan fingerprint density at radius 3 is 2.62 bits per heavy atom. The predicted molar refractivity (Wildman–Crippen MR) is 99.6 cm³/mol. The van der Waals surface area contributed by atoms with Crippen LogP contribution in [0.4, 0.5) is 4.79 Å². The van der Waals surface area contributed by atoms with Gasteiger partial charge in [-0.3, -0.25) is 10.00 Å². The fourth-order valence-corrected chi connectivity index (χ4v) is 2.91. The maximum Gasteiger partial charge on any atom is 0.410 e. The van der Waals surface area contributed by atoms with Crippen molar-refractivity contribution in [1.29, 1.82) is 0 Å². The van der Waals surface area contributed by atoms with E-state index in [9.17, 15) is 4.79 Å². The summed E-state index contributed by atoms with van der Waals surface area (Å²) in [6, 6.07) is 8.16. The molecular formula is C19H27N5O2. The second kappa shape index (κ2) is 7.45. The van der Waals surface area contributed by atoms with Crippen LogP contribution in [0.5, 0.6) is 0 Å². The molecule has 3 rings (SSSR count). The summed E-state index contributed by atoms with van der Waals surface area (Å²) in [5.74, 6) is 1.56. The molecule has 26 heavy (non-hydrogen) atoms. The van der Waals surface area contributed by atoms with Crippen LogP contribution < -0.4 is 0 Å². The van der Waals surface area contributed by atoms with Gasteiger partial charge in [0.05, 0.1) is 6.54 Å². The molecule has 2 aromatic rings. The highest BCUT2D eigenvalue weighted by Gasteiger charge is 2.26. The summed E-state index contributed by atoms with van der Waals surface area (Å²) in [7, 11) is 0. The summed E-state index contributed by atoms with van der Waals surface area (Å²) < 4.78 is 5.43. The number of H-pyrrole nitrogens is 1. The average Bonchev–Trinajstić information content (AvgIpc) is 3.02. The van der Waals surface area contributed by atoms with Gasteiger partial charge in [-0.25, -0.2) is 9.78 Å². The molecular weight excluding hydrogens is 330 g/mol. The molecule has 140 valence electrons. The number of ether oxygens (including phenoxy) is 1. The Hall–Kier alpha value is -2.41. The highest BCUT2D eigenvalue weighted by Crippen LogP contribution is 2.17.